The number of aliphatic hydroxyl groups is 1. The van der Waals surface area contributed by atoms with E-state index in [1.165, 1.54) is 6.07 Å². The molecule has 0 bridgehead atoms. The number of hydrogen-bond acceptors (Lipinski definition) is 3. The van der Waals surface area contributed by atoms with Gasteiger partial charge in [0.1, 0.15) is 0 Å². The van der Waals surface area contributed by atoms with Crippen LogP contribution in [0.15, 0.2) is 18.2 Å². The maximum Gasteiger partial charge on any atom is 0.417 e. The van der Waals surface area contributed by atoms with Crippen molar-refractivity contribution in [3.63, 3.8) is 0 Å². The van der Waals surface area contributed by atoms with E-state index in [4.69, 9.17) is 5.26 Å². The zero-order valence-electron chi connectivity index (χ0n) is 11.4. The van der Waals surface area contributed by atoms with Crippen LogP contribution in [0.2, 0.25) is 0 Å². The van der Waals surface area contributed by atoms with Crippen molar-refractivity contribution in [3.05, 3.63) is 29.3 Å². The lowest BCUT2D eigenvalue weighted by Gasteiger charge is -2.23. The van der Waals surface area contributed by atoms with Gasteiger partial charge in [0.2, 0.25) is 0 Å². The van der Waals surface area contributed by atoms with Crippen LogP contribution in [0.1, 0.15) is 37.8 Å². The Morgan fingerprint density at radius 2 is 2.00 bits per heavy atom. The molecule has 1 aromatic rings. The van der Waals surface area contributed by atoms with Gasteiger partial charge in [-0.2, -0.15) is 18.4 Å². The average molecular weight is 286 g/mol. The summed E-state index contributed by atoms with van der Waals surface area (Å²) in [5, 5.41) is 21.6. The zero-order chi connectivity index (χ0) is 15.4. The van der Waals surface area contributed by atoms with Gasteiger partial charge in [-0.05, 0) is 31.5 Å². The Hall–Kier alpha value is -1.74. The first kappa shape index (κ1) is 16.3. The van der Waals surface area contributed by atoms with Crippen molar-refractivity contribution in [1.29, 1.82) is 5.26 Å². The lowest BCUT2D eigenvalue weighted by Crippen LogP contribution is -2.33. The molecule has 0 aliphatic rings. The van der Waals surface area contributed by atoms with Crippen molar-refractivity contribution in [1.82, 2.24) is 0 Å². The van der Waals surface area contributed by atoms with Gasteiger partial charge in [0, 0.05) is 12.2 Å². The smallest absolute Gasteiger partial charge is 0.388 e. The van der Waals surface area contributed by atoms with E-state index in [2.05, 4.69) is 5.32 Å². The molecule has 6 heteroatoms. The third-order valence-electron chi connectivity index (χ3n) is 2.91. The molecule has 0 aliphatic carbocycles. The van der Waals surface area contributed by atoms with Gasteiger partial charge in [-0.15, -0.1) is 0 Å². The fourth-order valence-electron chi connectivity index (χ4n) is 1.91. The first-order chi connectivity index (χ1) is 9.19. The van der Waals surface area contributed by atoms with Gasteiger partial charge in [-0.1, -0.05) is 13.3 Å². The van der Waals surface area contributed by atoms with Crippen molar-refractivity contribution >= 4 is 5.69 Å². The van der Waals surface area contributed by atoms with Crippen molar-refractivity contribution in [2.45, 2.75) is 38.5 Å². The monoisotopic (exact) mass is 286 g/mol. The molecule has 0 heterocycles. The van der Waals surface area contributed by atoms with E-state index in [0.717, 1.165) is 18.6 Å². The molecule has 0 amide bonds. The molecular formula is C14H17F3N2O. The van der Waals surface area contributed by atoms with Gasteiger partial charge in [-0.3, -0.25) is 0 Å². The fourth-order valence-corrected chi connectivity index (χ4v) is 1.91. The van der Waals surface area contributed by atoms with E-state index in [0.29, 0.717) is 12.1 Å². The predicted molar refractivity (Wildman–Crippen MR) is 70.2 cm³/mol. The third kappa shape index (κ3) is 4.42. The van der Waals surface area contributed by atoms with E-state index in [1.54, 1.807) is 13.0 Å². The van der Waals surface area contributed by atoms with Gasteiger partial charge in [-0.25, -0.2) is 0 Å². The summed E-state index contributed by atoms with van der Waals surface area (Å²) >= 11 is 0. The molecule has 0 aliphatic heterocycles. The summed E-state index contributed by atoms with van der Waals surface area (Å²) in [6.07, 6.45) is -3.17. The van der Waals surface area contributed by atoms with Gasteiger partial charge in [0.25, 0.3) is 0 Å². The lowest BCUT2D eigenvalue weighted by molar-refractivity contribution is -0.137. The molecule has 2 N–H and O–H groups in total. The Balaban J connectivity index is 2.88. The Labute approximate surface area is 116 Å². The second kappa shape index (κ2) is 6.14. The molecule has 0 aromatic heterocycles. The summed E-state index contributed by atoms with van der Waals surface area (Å²) in [7, 11) is 0. The van der Waals surface area contributed by atoms with Crippen molar-refractivity contribution in [2.24, 2.45) is 0 Å². The minimum Gasteiger partial charge on any atom is -0.388 e. The molecule has 0 radical (unpaired) electrons. The van der Waals surface area contributed by atoms with Crippen LogP contribution in [-0.2, 0) is 6.18 Å². The number of nitriles is 1. The number of nitrogens with one attached hydrogen (secondary N) is 1. The van der Waals surface area contributed by atoms with Crippen molar-refractivity contribution in [2.75, 3.05) is 11.9 Å². The number of alkyl halides is 3. The van der Waals surface area contributed by atoms with Crippen LogP contribution in [0.5, 0.6) is 0 Å². The zero-order valence-corrected chi connectivity index (χ0v) is 11.4. The summed E-state index contributed by atoms with van der Waals surface area (Å²) < 4.78 is 37.9. The second-order valence-corrected chi connectivity index (χ2v) is 4.97. The summed E-state index contributed by atoms with van der Waals surface area (Å²) in [4.78, 5) is 0. The molecule has 110 valence electrons. The van der Waals surface area contributed by atoms with E-state index in [-0.39, 0.29) is 6.54 Å². The van der Waals surface area contributed by atoms with Crippen LogP contribution in [0.4, 0.5) is 18.9 Å². The molecule has 0 saturated heterocycles. The van der Waals surface area contributed by atoms with Crippen LogP contribution >= 0.6 is 0 Å². The highest BCUT2D eigenvalue weighted by atomic mass is 19.4. The molecule has 20 heavy (non-hydrogen) atoms. The van der Waals surface area contributed by atoms with Gasteiger partial charge >= 0.3 is 6.18 Å². The molecule has 0 fully saturated rings. The minimum atomic E-state index is -4.54. The minimum absolute atomic E-state index is 0.205. The lowest BCUT2D eigenvalue weighted by atomic mass is 10.0. The molecular weight excluding hydrogens is 269 g/mol. The van der Waals surface area contributed by atoms with E-state index >= 15 is 0 Å². The number of rotatable bonds is 5. The van der Waals surface area contributed by atoms with Crippen LogP contribution in [0.25, 0.3) is 0 Å². The summed E-state index contributed by atoms with van der Waals surface area (Å²) in [6, 6.07) is 4.81. The van der Waals surface area contributed by atoms with E-state index < -0.39 is 22.9 Å². The normalized spacial score (nSPS) is 14.4. The molecule has 0 saturated carbocycles. The molecule has 1 aromatic carbocycles. The maximum absolute atomic E-state index is 12.6. The summed E-state index contributed by atoms with van der Waals surface area (Å²) in [6.45, 7) is 3.79. The SMILES string of the molecule is CCCC(C)(O)CNc1ccc(C(F)(F)F)c(C#N)c1. The topological polar surface area (TPSA) is 56.0 Å². The highest BCUT2D eigenvalue weighted by Gasteiger charge is 2.33. The van der Waals surface area contributed by atoms with Crippen LogP contribution in [0, 0.1) is 11.3 Å². The Morgan fingerprint density at radius 1 is 1.35 bits per heavy atom. The quantitative estimate of drug-likeness (QED) is 0.870. The van der Waals surface area contributed by atoms with E-state index in [9.17, 15) is 18.3 Å². The van der Waals surface area contributed by atoms with Gasteiger partial charge < -0.3 is 10.4 Å². The summed E-state index contributed by atoms with van der Waals surface area (Å²) in [5.74, 6) is 0. The highest BCUT2D eigenvalue weighted by molar-refractivity contribution is 5.53. The number of nitrogens with zero attached hydrogens (tertiary/aromatic N) is 1. The highest BCUT2D eigenvalue weighted by Crippen LogP contribution is 2.33. The Morgan fingerprint density at radius 3 is 2.50 bits per heavy atom. The van der Waals surface area contributed by atoms with Gasteiger partial charge in [0.05, 0.1) is 22.8 Å². The molecule has 1 rings (SSSR count). The largest absolute Gasteiger partial charge is 0.417 e. The Bertz CT molecular complexity index is 504. The van der Waals surface area contributed by atoms with E-state index in [1.807, 2.05) is 6.92 Å². The average Bonchev–Trinajstić information content (AvgIpc) is 2.35. The van der Waals surface area contributed by atoms with Gasteiger partial charge in [0.15, 0.2) is 0 Å². The second-order valence-electron chi connectivity index (χ2n) is 4.97. The number of benzene rings is 1. The van der Waals surface area contributed by atoms with Crippen LogP contribution < -0.4 is 5.32 Å². The predicted octanol–water partition coefficient (Wildman–Crippen LogP) is 3.54. The molecule has 3 nitrogen and oxygen atoms in total. The number of hydrogen-bond donors (Lipinski definition) is 2. The molecule has 0 spiro atoms. The maximum atomic E-state index is 12.6. The van der Waals surface area contributed by atoms with Crippen LogP contribution in [-0.4, -0.2) is 17.3 Å². The third-order valence-corrected chi connectivity index (χ3v) is 2.91. The van der Waals surface area contributed by atoms with Crippen LogP contribution in [0.3, 0.4) is 0 Å². The standard InChI is InChI=1S/C14H17F3N2O/c1-3-6-13(2,20)9-19-11-4-5-12(14(15,16)17)10(7-11)8-18/h4-5,7,19-20H,3,6,9H2,1-2H3. The van der Waals surface area contributed by atoms with Crippen molar-refractivity contribution < 1.29 is 18.3 Å². The van der Waals surface area contributed by atoms with Crippen molar-refractivity contribution in [3.8, 4) is 6.07 Å². The number of anilines is 1. The number of halogens is 3. The molecule has 1 atom stereocenters. The Kier molecular flexibility index (Phi) is 5.01. The first-order valence-corrected chi connectivity index (χ1v) is 6.27. The first-order valence-electron chi connectivity index (χ1n) is 6.27. The summed E-state index contributed by atoms with van der Waals surface area (Å²) in [5.41, 5.74) is -1.95. The fraction of sp³-hybridized carbons (Fsp3) is 0.500. The molecule has 1 unspecified atom stereocenters.